The number of nitrogens with one attached hydrogen (secondary N) is 1. The Kier molecular flexibility index (Phi) is 5.65. The van der Waals surface area contributed by atoms with E-state index < -0.39 is 0 Å². The fourth-order valence-corrected chi connectivity index (χ4v) is 3.88. The fourth-order valence-electron chi connectivity index (χ4n) is 3.30. The van der Waals surface area contributed by atoms with E-state index in [1.807, 2.05) is 0 Å². The SMILES string of the molecule is CC(C)N(CCNC1CCc2c(Br)cccc21)C(C)C. The molecule has 0 saturated carbocycles. The van der Waals surface area contributed by atoms with Crippen LogP contribution in [-0.4, -0.2) is 30.1 Å². The van der Waals surface area contributed by atoms with Crippen LogP contribution in [0.2, 0.25) is 0 Å². The normalized spacial score (nSPS) is 18.3. The molecule has 0 heterocycles. The van der Waals surface area contributed by atoms with Crippen molar-refractivity contribution in [3.63, 3.8) is 0 Å². The van der Waals surface area contributed by atoms with Gasteiger partial charge in [0.25, 0.3) is 0 Å². The summed E-state index contributed by atoms with van der Waals surface area (Å²) in [5, 5.41) is 3.74. The zero-order valence-corrected chi connectivity index (χ0v) is 14.7. The van der Waals surface area contributed by atoms with Gasteiger partial charge in [-0.3, -0.25) is 4.90 Å². The van der Waals surface area contributed by atoms with Gasteiger partial charge in [-0.15, -0.1) is 0 Å². The molecular weight excluding hydrogens is 312 g/mol. The Bertz CT molecular complexity index is 435. The number of halogens is 1. The van der Waals surface area contributed by atoms with E-state index in [1.54, 1.807) is 0 Å². The van der Waals surface area contributed by atoms with Crippen LogP contribution in [0.4, 0.5) is 0 Å². The summed E-state index contributed by atoms with van der Waals surface area (Å²) in [4.78, 5) is 2.55. The van der Waals surface area contributed by atoms with E-state index in [2.05, 4.69) is 72.0 Å². The van der Waals surface area contributed by atoms with Gasteiger partial charge in [0, 0.05) is 35.7 Å². The van der Waals surface area contributed by atoms with E-state index in [0.29, 0.717) is 18.1 Å². The molecule has 1 aromatic carbocycles. The highest BCUT2D eigenvalue weighted by atomic mass is 79.9. The standard InChI is InChI=1S/C17H27BrN2/c1-12(2)20(13(3)4)11-10-19-17-9-8-14-15(17)6-5-7-16(14)18/h5-7,12-13,17,19H,8-11H2,1-4H3. The number of nitrogens with zero attached hydrogens (tertiary/aromatic N) is 1. The molecule has 1 aliphatic carbocycles. The number of hydrogen-bond donors (Lipinski definition) is 1. The lowest BCUT2D eigenvalue weighted by molar-refractivity contribution is 0.174. The molecule has 0 saturated heterocycles. The molecular formula is C17H27BrN2. The lowest BCUT2D eigenvalue weighted by atomic mass is 10.1. The molecule has 2 rings (SSSR count). The first-order valence-electron chi connectivity index (χ1n) is 7.77. The van der Waals surface area contributed by atoms with Gasteiger partial charge in [0.2, 0.25) is 0 Å². The van der Waals surface area contributed by atoms with Gasteiger partial charge in [0.15, 0.2) is 0 Å². The lowest BCUT2D eigenvalue weighted by Gasteiger charge is -2.31. The van der Waals surface area contributed by atoms with Crippen LogP contribution in [0.5, 0.6) is 0 Å². The van der Waals surface area contributed by atoms with Gasteiger partial charge < -0.3 is 5.32 Å². The predicted molar refractivity (Wildman–Crippen MR) is 90.2 cm³/mol. The molecule has 0 fully saturated rings. The van der Waals surface area contributed by atoms with Crippen molar-refractivity contribution in [3.8, 4) is 0 Å². The van der Waals surface area contributed by atoms with Gasteiger partial charge in [-0.05, 0) is 57.7 Å². The highest BCUT2D eigenvalue weighted by Gasteiger charge is 2.23. The zero-order chi connectivity index (χ0) is 14.7. The first-order valence-corrected chi connectivity index (χ1v) is 8.56. The molecule has 1 atom stereocenters. The summed E-state index contributed by atoms with van der Waals surface area (Å²) in [7, 11) is 0. The third-order valence-corrected chi connectivity index (χ3v) is 5.04. The van der Waals surface area contributed by atoms with Crippen molar-refractivity contribution in [2.45, 2.75) is 58.7 Å². The first-order chi connectivity index (χ1) is 9.50. The minimum Gasteiger partial charge on any atom is -0.309 e. The van der Waals surface area contributed by atoms with E-state index in [4.69, 9.17) is 0 Å². The second-order valence-electron chi connectivity index (χ2n) is 6.28. The van der Waals surface area contributed by atoms with Crippen LogP contribution in [0, 0.1) is 0 Å². The fraction of sp³-hybridized carbons (Fsp3) is 0.647. The summed E-state index contributed by atoms with van der Waals surface area (Å²) in [6.45, 7) is 11.3. The molecule has 0 spiro atoms. The van der Waals surface area contributed by atoms with Gasteiger partial charge in [0.1, 0.15) is 0 Å². The molecule has 0 radical (unpaired) electrons. The number of hydrogen-bond acceptors (Lipinski definition) is 2. The van der Waals surface area contributed by atoms with Crippen molar-refractivity contribution in [1.29, 1.82) is 0 Å². The molecule has 0 aliphatic heterocycles. The summed E-state index contributed by atoms with van der Waals surface area (Å²) in [5.74, 6) is 0. The van der Waals surface area contributed by atoms with Crippen molar-refractivity contribution in [2.24, 2.45) is 0 Å². The van der Waals surface area contributed by atoms with Crippen molar-refractivity contribution in [1.82, 2.24) is 10.2 Å². The smallest absolute Gasteiger partial charge is 0.0327 e. The van der Waals surface area contributed by atoms with Gasteiger partial charge in [-0.2, -0.15) is 0 Å². The molecule has 1 aromatic rings. The minimum atomic E-state index is 0.531. The average Bonchev–Trinajstić information content (AvgIpc) is 2.78. The molecule has 0 aromatic heterocycles. The highest BCUT2D eigenvalue weighted by Crippen LogP contribution is 2.35. The Morgan fingerprint density at radius 2 is 1.95 bits per heavy atom. The van der Waals surface area contributed by atoms with Crippen molar-refractivity contribution in [3.05, 3.63) is 33.8 Å². The van der Waals surface area contributed by atoms with Crippen molar-refractivity contribution >= 4 is 15.9 Å². The van der Waals surface area contributed by atoms with Gasteiger partial charge >= 0.3 is 0 Å². The molecule has 1 N–H and O–H groups in total. The molecule has 112 valence electrons. The lowest BCUT2D eigenvalue weighted by Crippen LogP contribution is -2.41. The van der Waals surface area contributed by atoms with E-state index in [0.717, 1.165) is 13.1 Å². The molecule has 1 unspecified atom stereocenters. The zero-order valence-electron chi connectivity index (χ0n) is 13.1. The minimum absolute atomic E-state index is 0.531. The van der Waals surface area contributed by atoms with Crippen molar-refractivity contribution < 1.29 is 0 Å². The predicted octanol–water partition coefficient (Wildman–Crippen LogP) is 4.14. The average molecular weight is 339 g/mol. The van der Waals surface area contributed by atoms with Crippen molar-refractivity contribution in [2.75, 3.05) is 13.1 Å². The summed E-state index contributed by atoms with van der Waals surface area (Å²) in [6, 6.07) is 8.33. The number of fused-ring (bicyclic) bond motifs is 1. The first kappa shape index (κ1) is 16.0. The van der Waals surface area contributed by atoms with E-state index in [1.165, 1.54) is 28.4 Å². The monoisotopic (exact) mass is 338 g/mol. The largest absolute Gasteiger partial charge is 0.309 e. The van der Waals surface area contributed by atoms with Crippen LogP contribution in [0.1, 0.15) is 51.3 Å². The molecule has 20 heavy (non-hydrogen) atoms. The maximum Gasteiger partial charge on any atom is 0.0327 e. The Labute approximate surface area is 132 Å². The Hall–Kier alpha value is -0.380. The topological polar surface area (TPSA) is 15.3 Å². The summed E-state index contributed by atoms with van der Waals surface area (Å²) in [5.41, 5.74) is 2.98. The van der Waals surface area contributed by atoms with Crippen LogP contribution >= 0.6 is 15.9 Å². The Morgan fingerprint density at radius 3 is 2.60 bits per heavy atom. The quantitative estimate of drug-likeness (QED) is 0.838. The molecule has 1 aliphatic rings. The van der Waals surface area contributed by atoms with Gasteiger partial charge in [-0.25, -0.2) is 0 Å². The Balaban J connectivity index is 1.89. The van der Waals surface area contributed by atoms with Crippen LogP contribution < -0.4 is 5.32 Å². The summed E-state index contributed by atoms with van der Waals surface area (Å²) >= 11 is 3.67. The van der Waals surface area contributed by atoms with Crippen LogP contribution in [-0.2, 0) is 6.42 Å². The van der Waals surface area contributed by atoms with Crippen LogP contribution in [0.15, 0.2) is 22.7 Å². The Morgan fingerprint density at radius 1 is 1.25 bits per heavy atom. The van der Waals surface area contributed by atoms with E-state index in [9.17, 15) is 0 Å². The highest BCUT2D eigenvalue weighted by molar-refractivity contribution is 9.10. The molecule has 0 amide bonds. The second kappa shape index (κ2) is 7.06. The summed E-state index contributed by atoms with van der Waals surface area (Å²) in [6.07, 6.45) is 2.41. The summed E-state index contributed by atoms with van der Waals surface area (Å²) < 4.78 is 1.27. The molecule has 0 bridgehead atoms. The van der Waals surface area contributed by atoms with Gasteiger partial charge in [0.05, 0.1) is 0 Å². The molecule has 2 nitrogen and oxygen atoms in total. The van der Waals surface area contributed by atoms with E-state index in [-0.39, 0.29) is 0 Å². The third kappa shape index (κ3) is 3.63. The van der Waals surface area contributed by atoms with Crippen LogP contribution in [0.3, 0.4) is 0 Å². The maximum absolute atomic E-state index is 3.74. The van der Waals surface area contributed by atoms with Gasteiger partial charge in [-0.1, -0.05) is 28.1 Å². The number of rotatable bonds is 6. The second-order valence-corrected chi connectivity index (χ2v) is 7.13. The third-order valence-electron chi connectivity index (χ3n) is 4.30. The van der Waals surface area contributed by atoms with E-state index >= 15 is 0 Å². The maximum atomic E-state index is 3.74. The number of benzene rings is 1. The molecule has 3 heteroatoms. The van der Waals surface area contributed by atoms with Crippen LogP contribution in [0.25, 0.3) is 0 Å².